The number of rotatable bonds is 8. The molecule has 1 aromatic carbocycles. The van der Waals surface area contributed by atoms with Crippen molar-refractivity contribution >= 4 is 5.96 Å². The SMILES string of the molecule is COCC(C)NC(N)=NCCOc1ccc(C(C)C)cc1. The van der Waals surface area contributed by atoms with Crippen molar-refractivity contribution in [2.75, 3.05) is 26.9 Å². The third kappa shape index (κ3) is 6.99. The maximum Gasteiger partial charge on any atom is 0.188 e. The molecule has 21 heavy (non-hydrogen) atoms. The first-order chi connectivity index (χ1) is 10.0. The minimum atomic E-state index is 0.142. The van der Waals surface area contributed by atoms with Gasteiger partial charge < -0.3 is 20.5 Å². The predicted octanol–water partition coefficient (Wildman–Crippen LogP) is 2.13. The number of ether oxygens (including phenoxy) is 2. The second-order valence-corrected chi connectivity index (χ2v) is 5.34. The molecule has 1 atom stereocenters. The third-order valence-corrected chi connectivity index (χ3v) is 3.00. The van der Waals surface area contributed by atoms with E-state index in [0.717, 1.165) is 5.75 Å². The summed E-state index contributed by atoms with van der Waals surface area (Å²) >= 11 is 0. The average molecular weight is 293 g/mol. The van der Waals surface area contributed by atoms with Crippen molar-refractivity contribution in [3.63, 3.8) is 0 Å². The molecule has 5 nitrogen and oxygen atoms in total. The van der Waals surface area contributed by atoms with Crippen molar-refractivity contribution in [3.8, 4) is 5.75 Å². The van der Waals surface area contributed by atoms with E-state index in [-0.39, 0.29) is 6.04 Å². The van der Waals surface area contributed by atoms with Gasteiger partial charge in [0, 0.05) is 13.2 Å². The Bertz CT molecular complexity index is 430. The normalized spacial score (nSPS) is 13.3. The van der Waals surface area contributed by atoms with Crippen LogP contribution in [0.3, 0.4) is 0 Å². The molecule has 0 aliphatic rings. The van der Waals surface area contributed by atoms with Crippen LogP contribution in [-0.2, 0) is 4.74 Å². The second kappa shape index (κ2) is 9.23. The van der Waals surface area contributed by atoms with Gasteiger partial charge in [-0.2, -0.15) is 0 Å². The van der Waals surface area contributed by atoms with E-state index in [2.05, 4.69) is 36.3 Å². The van der Waals surface area contributed by atoms with Gasteiger partial charge in [-0.3, -0.25) is 0 Å². The summed E-state index contributed by atoms with van der Waals surface area (Å²) in [5, 5.41) is 3.05. The van der Waals surface area contributed by atoms with Crippen molar-refractivity contribution in [2.24, 2.45) is 10.7 Å². The Kier molecular flexibility index (Phi) is 7.61. The van der Waals surface area contributed by atoms with Crippen molar-refractivity contribution in [1.29, 1.82) is 0 Å². The molecular formula is C16H27N3O2. The summed E-state index contributed by atoms with van der Waals surface area (Å²) in [5.74, 6) is 1.80. The third-order valence-electron chi connectivity index (χ3n) is 3.00. The molecule has 0 aliphatic carbocycles. The second-order valence-electron chi connectivity index (χ2n) is 5.34. The molecule has 0 spiro atoms. The van der Waals surface area contributed by atoms with Crippen molar-refractivity contribution < 1.29 is 9.47 Å². The lowest BCUT2D eigenvalue weighted by atomic mass is 10.0. The van der Waals surface area contributed by atoms with Gasteiger partial charge in [-0.15, -0.1) is 0 Å². The van der Waals surface area contributed by atoms with Gasteiger partial charge in [-0.25, -0.2) is 4.99 Å². The lowest BCUT2D eigenvalue weighted by Gasteiger charge is -2.13. The van der Waals surface area contributed by atoms with Gasteiger partial charge in [-0.05, 0) is 30.5 Å². The van der Waals surface area contributed by atoms with Crippen LogP contribution < -0.4 is 15.8 Å². The fourth-order valence-corrected chi connectivity index (χ4v) is 1.87. The number of hydrogen-bond donors (Lipinski definition) is 2. The van der Waals surface area contributed by atoms with Crippen LogP contribution in [0.2, 0.25) is 0 Å². The van der Waals surface area contributed by atoms with E-state index >= 15 is 0 Å². The fourth-order valence-electron chi connectivity index (χ4n) is 1.87. The van der Waals surface area contributed by atoms with Crippen LogP contribution in [0.1, 0.15) is 32.3 Å². The summed E-state index contributed by atoms with van der Waals surface area (Å²) in [6.07, 6.45) is 0. The first-order valence-corrected chi connectivity index (χ1v) is 7.31. The summed E-state index contributed by atoms with van der Waals surface area (Å²) < 4.78 is 10.6. The molecule has 0 saturated carbocycles. The largest absolute Gasteiger partial charge is 0.492 e. The zero-order valence-corrected chi connectivity index (χ0v) is 13.4. The van der Waals surface area contributed by atoms with E-state index in [0.29, 0.717) is 31.6 Å². The Morgan fingerprint density at radius 3 is 2.48 bits per heavy atom. The van der Waals surface area contributed by atoms with Crippen molar-refractivity contribution in [1.82, 2.24) is 5.32 Å². The number of nitrogens with zero attached hydrogens (tertiary/aromatic N) is 1. The predicted molar refractivity (Wildman–Crippen MR) is 87.0 cm³/mol. The lowest BCUT2D eigenvalue weighted by Crippen LogP contribution is -2.40. The van der Waals surface area contributed by atoms with Gasteiger partial charge in [0.25, 0.3) is 0 Å². The van der Waals surface area contributed by atoms with Crippen LogP contribution in [0.15, 0.2) is 29.3 Å². The molecule has 0 saturated heterocycles. The maximum absolute atomic E-state index is 5.77. The Hall–Kier alpha value is -1.75. The summed E-state index contributed by atoms with van der Waals surface area (Å²) in [6, 6.07) is 8.29. The molecule has 0 fully saturated rings. The number of guanidine groups is 1. The van der Waals surface area contributed by atoms with Crippen LogP contribution in [0.5, 0.6) is 5.75 Å². The number of aliphatic imine (C=N–C) groups is 1. The first-order valence-electron chi connectivity index (χ1n) is 7.31. The summed E-state index contributed by atoms with van der Waals surface area (Å²) in [7, 11) is 1.66. The highest BCUT2D eigenvalue weighted by atomic mass is 16.5. The highest BCUT2D eigenvalue weighted by Crippen LogP contribution is 2.18. The smallest absolute Gasteiger partial charge is 0.188 e. The van der Waals surface area contributed by atoms with Crippen LogP contribution >= 0.6 is 0 Å². The van der Waals surface area contributed by atoms with Gasteiger partial charge in [0.1, 0.15) is 12.4 Å². The summed E-state index contributed by atoms with van der Waals surface area (Å²) in [5.41, 5.74) is 7.07. The number of nitrogens with one attached hydrogen (secondary N) is 1. The molecule has 118 valence electrons. The van der Waals surface area contributed by atoms with Crippen LogP contribution in [-0.4, -0.2) is 38.9 Å². The molecule has 1 rings (SSSR count). The quantitative estimate of drug-likeness (QED) is 0.438. The van der Waals surface area contributed by atoms with E-state index in [9.17, 15) is 0 Å². The Labute approximate surface area is 127 Å². The van der Waals surface area contributed by atoms with Gasteiger partial charge in [0.15, 0.2) is 5.96 Å². The molecule has 1 aromatic rings. The highest BCUT2D eigenvalue weighted by Gasteiger charge is 2.01. The van der Waals surface area contributed by atoms with Crippen LogP contribution in [0.25, 0.3) is 0 Å². The van der Waals surface area contributed by atoms with E-state index in [4.69, 9.17) is 15.2 Å². The van der Waals surface area contributed by atoms with Gasteiger partial charge in [-0.1, -0.05) is 26.0 Å². The molecule has 5 heteroatoms. The average Bonchev–Trinajstić information content (AvgIpc) is 2.44. The van der Waals surface area contributed by atoms with Crippen LogP contribution in [0.4, 0.5) is 0 Å². The van der Waals surface area contributed by atoms with Gasteiger partial charge in [0.05, 0.1) is 13.2 Å². The topological polar surface area (TPSA) is 68.9 Å². The van der Waals surface area contributed by atoms with Crippen molar-refractivity contribution in [3.05, 3.63) is 29.8 Å². The van der Waals surface area contributed by atoms with E-state index < -0.39 is 0 Å². The number of benzene rings is 1. The molecule has 1 unspecified atom stereocenters. The molecule has 0 aromatic heterocycles. The minimum absolute atomic E-state index is 0.142. The van der Waals surface area contributed by atoms with E-state index in [1.807, 2.05) is 19.1 Å². The first kappa shape index (κ1) is 17.3. The zero-order chi connectivity index (χ0) is 15.7. The molecular weight excluding hydrogens is 266 g/mol. The fraction of sp³-hybridized carbons (Fsp3) is 0.562. The molecule has 0 aliphatic heterocycles. The zero-order valence-electron chi connectivity index (χ0n) is 13.4. The number of hydrogen-bond acceptors (Lipinski definition) is 3. The number of methoxy groups -OCH3 is 1. The molecule has 0 amide bonds. The molecule has 3 N–H and O–H groups in total. The minimum Gasteiger partial charge on any atom is -0.492 e. The standard InChI is InChI=1S/C16H27N3O2/c1-12(2)14-5-7-15(8-6-14)21-10-9-18-16(17)19-13(3)11-20-4/h5-8,12-13H,9-11H2,1-4H3,(H3,17,18,19). The van der Waals surface area contributed by atoms with Crippen LogP contribution in [0, 0.1) is 0 Å². The van der Waals surface area contributed by atoms with E-state index in [1.165, 1.54) is 5.56 Å². The van der Waals surface area contributed by atoms with E-state index in [1.54, 1.807) is 7.11 Å². The molecule has 0 radical (unpaired) electrons. The molecule has 0 bridgehead atoms. The van der Waals surface area contributed by atoms with Gasteiger partial charge in [0.2, 0.25) is 0 Å². The Balaban J connectivity index is 2.29. The Morgan fingerprint density at radius 1 is 1.24 bits per heavy atom. The van der Waals surface area contributed by atoms with Crippen molar-refractivity contribution in [2.45, 2.75) is 32.7 Å². The maximum atomic E-state index is 5.77. The van der Waals surface area contributed by atoms with Gasteiger partial charge >= 0.3 is 0 Å². The molecule has 0 heterocycles. The summed E-state index contributed by atoms with van der Waals surface area (Å²) in [6.45, 7) is 7.94. The monoisotopic (exact) mass is 293 g/mol. The highest BCUT2D eigenvalue weighted by molar-refractivity contribution is 5.78. The lowest BCUT2D eigenvalue weighted by molar-refractivity contribution is 0.179. The number of nitrogens with two attached hydrogens (primary N) is 1. The Morgan fingerprint density at radius 2 is 1.90 bits per heavy atom. The summed E-state index contributed by atoms with van der Waals surface area (Å²) in [4.78, 5) is 4.21.